The predicted octanol–water partition coefficient (Wildman–Crippen LogP) is 1.67. The molecule has 0 spiro atoms. The highest BCUT2D eigenvalue weighted by atomic mass is 79.9. The molecule has 0 saturated carbocycles. The van der Waals surface area contributed by atoms with Crippen molar-refractivity contribution >= 4 is 31.9 Å². The van der Waals surface area contributed by atoms with Crippen molar-refractivity contribution in [1.29, 1.82) is 5.26 Å². The van der Waals surface area contributed by atoms with Gasteiger partial charge in [0.15, 0.2) is 0 Å². The second-order valence-electron chi connectivity index (χ2n) is 0.751. The number of rotatable bonds is 1. The summed E-state index contributed by atoms with van der Waals surface area (Å²) in [5.74, 6) is 0. The smallest absolute Gasteiger partial charge is 0.111 e. The Morgan fingerprint density at radius 3 is 2.33 bits per heavy atom. The zero-order valence-electron chi connectivity index (χ0n) is 2.99. The van der Waals surface area contributed by atoms with E-state index in [1.807, 2.05) is 6.07 Å². The second kappa shape index (κ2) is 3.63. The molecular formula is C3H3Br2N. The Balaban J connectivity index is 3.04. The molecule has 0 aromatic carbocycles. The van der Waals surface area contributed by atoms with Gasteiger partial charge in [0.1, 0.15) is 4.83 Å². The van der Waals surface area contributed by atoms with Crippen LogP contribution in [0.1, 0.15) is 0 Å². The number of alkyl halides is 2. The van der Waals surface area contributed by atoms with Crippen LogP contribution in [0.4, 0.5) is 0 Å². The Kier molecular flexibility index (Phi) is 3.91. The van der Waals surface area contributed by atoms with E-state index in [2.05, 4.69) is 31.9 Å². The van der Waals surface area contributed by atoms with Crippen LogP contribution in [0.5, 0.6) is 0 Å². The van der Waals surface area contributed by atoms with Crippen LogP contribution in [0.3, 0.4) is 0 Å². The SMILES string of the molecule is N#CC(Br)CBr. The molecule has 3 heteroatoms. The molecule has 34 valence electrons. The largest absolute Gasteiger partial charge is 0.197 e. The highest BCUT2D eigenvalue weighted by Gasteiger charge is 1.92. The first kappa shape index (κ1) is 6.45. The topological polar surface area (TPSA) is 23.8 Å². The fraction of sp³-hybridized carbons (Fsp3) is 0.667. The molecular weight excluding hydrogens is 210 g/mol. The molecule has 0 fully saturated rings. The van der Waals surface area contributed by atoms with Crippen LogP contribution in [-0.4, -0.2) is 10.2 Å². The number of hydrogen-bond acceptors (Lipinski definition) is 1. The summed E-state index contributed by atoms with van der Waals surface area (Å²) in [6.45, 7) is 0. The molecule has 6 heavy (non-hydrogen) atoms. The van der Waals surface area contributed by atoms with E-state index in [9.17, 15) is 0 Å². The molecule has 0 aliphatic rings. The lowest BCUT2D eigenvalue weighted by molar-refractivity contribution is 1.30. The third-order valence-electron chi connectivity index (χ3n) is 0.276. The van der Waals surface area contributed by atoms with Gasteiger partial charge in [-0.3, -0.25) is 0 Å². The molecule has 0 rings (SSSR count). The Bertz CT molecular complexity index is 65.7. The summed E-state index contributed by atoms with van der Waals surface area (Å²) in [4.78, 5) is -0.0301. The molecule has 0 aliphatic carbocycles. The molecule has 0 aromatic rings. The van der Waals surface area contributed by atoms with E-state index in [0.29, 0.717) is 5.33 Å². The predicted molar refractivity (Wildman–Crippen MR) is 32.1 cm³/mol. The van der Waals surface area contributed by atoms with Crippen LogP contribution in [0.15, 0.2) is 0 Å². The number of nitrogens with zero attached hydrogens (tertiary/aromatic N) is 1. The lowest BCUT2D eigenvalue weighted by atomic mass is 10.6. The minimum absolute atomic E-state index is 0.0301. The average molecular weight is 213 g/mol. The van der Waals surface area contributed by atoms with Crippen molar-refractivity contribution in [3.8, 4) is 6.07 Å². The lowest BCUT2D eigenvalue weighted by Gasteiger charge is -1.83. The van der Waals surface area contributed by atoms with Crippen molar-refractivity contribution in [2.45, 2.75) is 4.83 Å². The van der Waals surface area contributed by atoms with Crippen molar-refractivity contribution in [2.24, 2.45) is 0 Å². The Hall–Kier alpha value is 0.450. The monoisotopic (exact) mass is 211 g/mol. The summed E-state index contributed by atoms with van der Waals surface area (Å²) in [6, 6.07) is 1.98. The Morgan fingerprint density at radius 1 is 1.83 bits per heavy atom. The molecule has 0 bridgehead atoms. The first-order valence-corrected chi connectivity index (χ1v) is 3.44. The normalized spacial score (nSPS) is 12.8. The third-order valence-corrected chi connectivity index (χ3v) is 2.32. The van der Waals surface area contributed by atoms with Crippen molar-refractivity contribution in [3.05, 3.63) is 0 Å². The van der Waals surface area contributed by atoms with Crippen LogP contribution in [0.25, 0.3) is 0 Å². The van der Waals surface area contributed by atoms with E-state index >= 15 is 0 Å². The third kappa shape index (κ3) is 2.67. The minimum atomic E-state index is -0.0301. The van der Waals surface area contributed by atoms with Crippen LogP contribution in [0.2, 0.25) is 0 Å². The van der Waals surface area contributed by atoms with Gasteiger partial charge in [0, 0.05) is 5.33 Å². The zero-order chi connectivity index (χ0) is 4.99. The quantitative estimate of drug-likeness (QED) is 0.607. The number of hydrogen-bond donors (Lipinski definition) is 0. The van der Waals surface area contributed by atoms with Gasteiger partial charge < -0.3 is 0 Å². The summed E-state index contributed by atoms with van der Waals surface area (Å²) in [7, 11) is 0. The van der Waals surface area contributed by atoms with Crippen molar-refractivity contribution in [1.82, 2.24) is 0 Å². The summed E-state index contributed by atoms with van der Waals surface area (Å²) < 4.78 is 0. The van der Waals surface area contributed by atoms with Gasteiger partial charge >= 0.3 is 0 Å². The van der Waals surface area contributed by atoms with E-state index in [0.717, 1.165) is 0 Å². The average Bonchev–Trinajstić information content (AvgIpc) is 1.65. The Morgan fingerprint density at radius 2 is 2.33 bits per heavy atom. The van der Waals surface area contributed by atoms with Crippen LogP contribution < -0.4 is 0 Å². The molecule has 0 aliphatic heterocycles. The van der Waals surface area contributed by atoms with Crippen molar-refractivity contribution < 1.29 is 0 Å². The maximum absolute atomic E-state index is 8.01. The van der Waals surface area contributed by atoms with Gasteiger partial charge in [0.05, 0.1) is 6.07 Å². The van der Waals surface area contributed by atoms with Crippen LogP contribution >= 0.6 is 31.9 Å². The molecule has 1 unspecified atom stereocenters. The first-order chi connectivity index (χ1) is 2.81. The van der Waals surface area contributed by atoms with E-state index in [-0.39, 0.29) is 4.83 Å². The summed E-state index contributed by atoms with van der Waals surface area (Å²) in [6.07, 6.45) is 0. The van der Waals surface area contributed by atoms with Gasteiger partial charge in [-0.1, -0.05) is 31.9 Å². The summed E-state index contributed by atoms with van der Waals surface area (Å²) in [5.41, 5.74) is 0. The van der Waals surface area contributed by atoms with Gasteiger partial charge in [0.25, 0.3) is 0 Å². The minimum Gasteiger partial charge on any atom is -0.197 e. The molecule has 1 atom stereocenters. The molecule has 0 amide bonds. The van der Waals surface area contributed by atoms with Gasteiger partial charge in [-0.15, -0.1) is 0 Å². The maximum Gasteiger partial charge on any atom is 0.111 e. The highest BCUT2D eigenvalue weighted by molar-refractivity contribution is 9.12. The van der Waals surface area contributed by atoms with Gasteiger partial charge in [0.2, 0.25) is 0 Å². The van der Waals surface area contributed by atoms with E-state index in [1.54, 1.807) is 0 Å². The first-order valence-electron chi connectivity index (χ1n) is 1.41. The van der Waals surface area contributed by atoms with Gasteiger partial charge in [-0.25, -0.2) is 0 Å². The molecule has 0 aromatic heterocycles. The van der Waals surface area contributed by atoms with E-state index in [4.69, 9.17) is 5.26 Å². The van der Waals surface area contributed by atoms with Crippen molar-refractivity contribution in [3.63, 3.8) is 0 Å². The summed E-state index contributed by atoms with van der Waals surface area (Å²) >= 11 is 6.17. The molecule has 0 heterocycles. The highest BCUT2D eigenvalue weighted by Crippen LogP contribution is 1.99. The summed E-state index contributed by atoms with van der Waals surface area (Å²) in [5, 5.41) is 8.71. The molecule has 0 radical (unpaired) electrons. The fourth-order valence-corrected chi connectivity index (χ4v) is 0.179. The number of halogens is 2. The van der Waals surface area contributed by atoms with Crippen LogP contribution in [-0.2, 0) is 0 Å². The molecule has 0 saturated heterocycles. The van der Waals surface area contributed by atoms with Gasteiger partial charge in [-0.2, -0.15) is 5.26 Å². The van der Waals surface area contributed by atoms with E-state index < -0.39 is 0 Å². The standard InChI is InChI=1S/C3H3Br2N/c4-1-3(5)2-6/h3H,1H2. The number of nitriles is 1. The zero-order valence-corrected chi connectivity index (χ0v) is 6.16. The van der Waals surface area contributed by atoms with Crippen molar-refractivity contribution in [2.75, 3.05) is 5.33 Å². The molecule has 0 N–H and O–H groups in total. The second-order valence-corrected chi connectivity index (χ2v) is 2.50. The van der Waals surface area contributed by atoms with Crippen LogP contribution in [0, 0.1) is 11.3 Å². The fourth-order valence-electron chi connectivity index (χ4n) is 0.0345. The van der Waals surface area contributed by atoms with E-state index in [1.165, 1.54) is 0 Å². The lowest BCUT2D eigenvalue weighted by Crippen LogP contribution is -1.90. The molecule has 1 nitrogen and oxygen atoms in total. The Labute approximate surface area is 53.6 Å². The maximum atomic E-state index is 8.01. The van der Waals surface area contributed by atoms with Gasteiger partial charge in [-0.05, 0) is 0 Å².